The molecule has 25 heavy (non-hydrogen) atoms. The average molecular weight is 339 g/mol. The Hall–Kier alpha value is -2.69. The number of halogens is 1. The molecule has 0 bridgehead atoms. The molecule has 2 aliphatic rings. The van der Waals surface area contributed by atoms with Gasteiger partial charge in [0, 0.05) is 18.9 Å². The number of hydrogen-bond donors (Lipinski definition) is 1. The molecule has 3 unspecified atom stereocenters. The third-order valence-electron chi connectivity index (χ3n) is 5.22. The summed E-state index contributed by atoms with van der Waals surface area (Å²) in [6.07, 6.45) is 1.03. The van der Waals surface area contributed by atoms with Crippen molar-refractivity contribution in [2.75, 3.05) is 0 Å². The second-order valence-electron chi connectivity index (χ2n) is 6.79. The van der Waals surface area contributed by atoms with Crippen LogP contribution in [0.2, 0.25) is 0 Å². The fourth-order valence-corrected chi connectivity index (χ4v) is 3.73. The SMILES string of the molecule is O=C(O)C1Cc2ccccc2CN1C(=O)C1CC1c1ccc(F)cc1. The number of rotatable bonds is 3. The van der Waals surface area contributed by atoms with Crippen LogP contribution < -0.4 is 0 Å². The van der Waals surface area contributed by atoms with Crippen LogP contribution in [0.3, 0.4) is 0 Å². The molecule has 4 nitrogen and oxygen atoms in total. The minimum absolute atomic E-state index is 0.0553. The molecule has 1 N–H and O–H groups in total. The monoisotopic (exact) mass is 339 g/mol. The van der Waals surface area contributed by atoms with Gasteiger partial charge in [-0.1, -0.05) is 36.4 Å². The molecule has 2 aromatic rings. The second kappa shape index (κ2) is 5.99. The van der Waals surface area contributed by atoms with Gasteiger partial charge in [-0.15, -0.1) is 0 Å². The lowest BCUT2D eigenvalue weighted by Gasteiger charge is -2.34. The van der Waals surface area contributed by atoms with Crippen molar-refractivity contribution in [1.82, 2.24) is 4.90 Å². The Morgan fingerprint density at radius 2 is 1.72 bits per heavy atom. The molecule has 0 radical (unpaired) electrons. The smallest absolute Gasteiger partial charge is 0.326 e. The van der Waals surface area contributed by atoms with Crippen LogP contribution in [-0.2, 0) is 22.6 Å². The molecule has 0 spiro atoms. The minimum atomic E-state index is -0.971. The Bertz CT molecular complexity index is 833. The lowest BCUT2D eigenvalue weighted by Crippen LogP contribution is -2.49. The molecule has 0 saturated heterocycles. The van der Waals surface area contributed by atoms with Crippen LogP contribution in [0.25, 0.3) is 0 Å². The van der Waals surface area contributed by atoms with Crippen molar-refractivity contribution in [3.63, 3.8) is 0 Å². The van der Waals surface area contributed by atoms with E-state index in [1.807, 2.05) is 24.3 Å². The Kier molecular flexibility index (Phi) is 3.79. The first-order valence-electron chi connectivity index (χ1n) is 8.40. The van der Waals surface area contributed by atoms with Gasteiger partial charge in [-0.3, -0.25) is 4.79 Å². The van der Waals surface area contributed by atoms with E-state index in [2.05, 4.69) is 0 Å². The van der Waals surface area contributed by atoms with Gasteiger partial charge in [0.15, 0.2) is 0 Å². The van der Waals surface area contributed by atoms with Crippen molar-refractivity contribution in [3.05, 3.63) is 71.0 Å². The molecular weight excluding hydrogens is 321 g/mol. The molecule has 1 saturated carbocycles. The lowest BCUT2D eigenvalue weighted by molar-refractivity contribution is -0.152. The number of benzene rings is 2. The Morgan fingerprint density at radius 1 is 1.04 bits per heavy atom. The summed E-state index contributed by atoms with van der Waals surface area (Å²) in [5.74, 6) is -1.54. The number of carboxylic acids is 1. The van der Waals surface area contributed by atoms with Crippen molar-refractivity contribution in [2.45, 2.75) is 31.3 Å². The molecule has 1 aliphatic carbocycles. The zero-order chi connectivity index (χ0) is 17.6. The van der Waals surface area contributed by atoms with Crippen molar-refractivity contribution in [2.24, 2.45) is 5.92 Å². The van der Waals surface area contributed by atoms with Gasteiger partial charge in [0.05, 0.1) is 0 Å². The van der Waals surface area contributed by atoms with E-state index in [4.69, 9.17) is 0 Å². The van der Waals surface area contributed by atoms with Crippen LogP contribution in [0.4, 0.5) is 4.39 Å². The highest BCUT2D eigenvalue weighted by atomic mass is 19.1. The average Bonchev–Trinajstić information content (AvgIpc) is 3.41. The number of amides is 1. The first-order chi connectivity index (χ1) is 12.0. The summed E-state index contributed by atoms with van der Waals surface area (Å²) in [5, 5.41) is 9.56. The second-order valence-corrected chi connectivity index (χ2v) is 6.79. The quantitative estimate of drug-likeness (QED) is 0.935. The number of carbonyl (C=O) groups is 2. The number of carbonyl (C=O) groups excluding carboxylic acids is 1. The lowest BCUT2D eigenvalue weighted by atomic mass is 9.93. The summed E-state index contributed by atoms with van der Waals surface area (Å²) in [5.41, 5.74) is 2.93. The number of carboxylic acid groups (broad SMARTS) is 1. The van der Waals surface area contributed by atoms with Crippen LogP contribution in [0.5, 0.6) is 0 Å². The fourth-order valence-electron chi connectivity index (χ4n) is 3.73. The molecule has 0 aromatic heterocycles. The highest BCUT2D eigenvalue weighted by Gasteiger charge is 2.48. The zero-order valence-corrected chi connectivity index (χ0v) is 13.6. The van der Waals surface area contributed by atoms with Gasteiger partial charge in [-0.25, -0.2) is 9.18 Å². The van der Waals surface area contributed by atoms with Crippen LogP contribution in [-0.4, -0.2) is 27.9 Å². The van der Waals surface area contributed by atoms with E-state index in [0.29, 0.717) is 19.4 Å². The topological polar surface area (TPSA) is 57.6 Å². The number of fused-ring (bicyclic) bond motifs is 1. The van der Waals surface area contributed by atoms with Gasteiger partial charge in [-0.05, 0) is 41.2 Å². The van der Waals surface area contributed by atoms with Crippen LogP contribution in [0.1, 0.15) is 29.0 Å². The van der Waals surface area contributed by atoms with Gasteiger partial charge in [0.25, 0.3) is 0 Å². The largest absolute Gasteiger partial charge is 0.480 e. The number of nitrogens with zero attached hydrogens (tertiary/aromatic N) is 1. The third-order valence-corrected chi connectivity index (χ3v) is 5.22. The fraction of sp³-hybridized carbons (Fsp3) is 0.300. The summed E-state index contributed by atoms with van der Waals surface area (Å²) < 4.78 is 13.1. The summed E-state index contributed by atoms with van der Waals surface area (Å²) in [6, 6.07) is 13.0. The minimum Gasteiger partial charge on any atom is -0.480 e. The number of aliphatic carboxylic acids is 1. The van der Waals surface area contributed by atoms with Crippen LogP contribution in [0.15, 0.2) is 48.5 Å². The molecule has 3 atom stereocenters. The maximum Gasteiger partial charge on any atom is 0.326 e. The van der Waals surface area contributed by atoms with Crippen molar-refractivity contribution in [3.8, 4) is 0 Å². The Morgan fingerprint density at radius 3 is 2.40 bits per heavy atom. The summed E-state index contributed by atoms with van der Waals surface area (Å²) in [7, 11) is 0. The summed E-state index contributed by atoms with van der Waals surface area (Å²) >= 11 is 0. The Labute approximate surface area is 144 Å². The zero-order valence-electron chi connectivity index (χ0n) is 13.6. The molecule has 4 rings (SSSR count). The van der Waals surface area contributed by atoms with E-state index >= 15 is 0 Å². The normalized spacial score (nSPS) is 24.5. The Balaban J connectivity index is 1.55. The first-order valence-corrected chi connectivity index (χ1v) is 8.40. The molecule has 1 amide bonds. The van der Waals surface area contributed by atoms with Gasteiger partial charge in [0.2, 0.25) is 5.91 Å². The van der Waals surface area contributed by atoms with E-state index in [-0.39, 0.29) is 23.6 Å². The molecule has 1 heterocycles. The van der Waals surface area contributed by atoms with E-state index in [1.54, 1.807) is 12.1 Å². The molecule has 1 fully saturated rings. The number of hydrogen-bond acceptors (Lipinski definition) is 2. The predicted molar refractivity (Wildman–Crippen MR) is 89.4 cm³/mol. The molecule has 128 valence electrons. The molecule has 1 aliphatic heterocycles. The first kappa shape index (κ1) is 15.8. The van der Waals surface area contributed by atoms with Crippen molar-refractivity contribution < 1.29 is 19.1 Å². The predicted octanol–water partition coefficient (Wildman–Crippen LogP) is 2.97. The van der Waals surface area contributed by atoms with E-state index in [1.165, 1.54) is 17.0 Å². The molecule has 5 heteroatoms. The van der Waals surface area contributed by atoms with Gasteiger partial charge >= 0.3 is 5.97 Å². The van der Waals surface area contributed by atoms with Crippen molar-refractivity contribution >= 4 is 11.9 Å². The van der Waals surface area contributed by atoms with E-state index in [9.17, 15) is 19.1 Å². The highest BCUT2D eigenvalue weighted by Crippen LogP contribution is 2.49. The van der Waals surface area contributed by atoms with E-state index < -0.39 is 12.0 Å². The standard InChI is InChI=1S/C20H18FNO3/c21-15-7-5-12(6-8-15)16-10-17(16)19(23)22-11-14-4-2-1-3-13(14)9-18(22)20(24)25/h1-8,16-18H,9-11H2,(H,24,25). The van der Waals surface area contributed by atoms with Crippen molar-refractivity contribution in [1.29, 1.82) is 0 Å². The molecular formula is C20H18FNO3. The van der Waals surface area contributed by atoms with Gasteiger partial charge in [0.1, 0.15) is 11.9 Å². The molecule has 2 aromatic carbocycles. The van der Waals surface area contributed by atoms with Gasteiger partial charge < -0.3 is 10.0 Å². The van der Waals surface area contributed by atoms with E-state index in [0.717, 1.165) is 16.7 Å². The van der Waals surface area contributed by atoms with Gasteiger partial charge in [-0.2, -0.15) is 0 Å². The van der Waals surface area contributed by atoms with Crippen LogP contribution in [0, 0.1) is 11.7 Å². The third kappa shape index (κ3) is 2.90. The highest BCUT2D eigenvalue weighted by molar-refractivity contribution is 5.88. The maximum absolute atomic E-state index is 13.1. The summed E-state index contributed by atoms with van der Waals surface area (Å²) in [4.78, 5) is 26.1. The summed E-state index contributed by atoms with van der Waals surface area (Å²) in [6.45, 7) is 0.332. The van der Waals surface area contributed by atoms with Crippen LogP contribution >= 0.6 is 0 Å². The maximum atomic E-state index is 13.1.